The summed E-state index contributed by atoms with van der Waals surface area (Å²) in [5.74, 6) is 1.68. The number of fused-ring (bicyclic) bond motifs is 1. The molecule has 0 radical (unpaired) electrons. The number of nitrogens with zero attached hydrogens (tertiary/aromatic N) is 2. The highest BCUT2D eigenvalue weighted by Crippen LogP contribution is 2.27. The molecule has 0 atom stereocenters. The molecule has 1 aromatic carbocycles. The fourth-order valence-electron chi connectivity index (χ4n) is 2.04. The van der Waals surface area contributed by atoms with Crippen LogP contribution in [0.2, 0.25) is 0 Å². The molecule has 0 N–H and O–H groups in total. The zero-order chi connectivity index (χ0) is 13.4. The van der Waals surface area contributed by atoms with Gasteiger partial charge in [0.2, 0.25) is 0 Å². The minimum atomic E-state index is -0.422. The Hall–Kier alpha value is -2.93. The summed E-state index contributed by atoms with van der Waals surface area (Å²) in [6.07, 6.45) is 6.81. The molecule has 0 spiro atoms. The van der Waals surface area contributed by atoms with Crippen LogP contribution in [0.5, 0.6) is 0 Å². The largest absolute Gasteiger partial charge is 0.284 e. The predicted octanol–water partition coefficient (Wildman–Crippen LogP) is 1.86. The number of carbonyl (C=O) groups is 2. The highest BCUT2D eigenvalue weighted by molar-refractivity contribution is 6.33. The van der Waals surface area contributed by atoms with Crippen LogP contribution in [-0.2, 0) is 0 Å². The van der Waals surface area contributed by atoms with Gasteiger partial charge in [0.15, 0.2) is 0 Å². The number of hydrogen-bond donors (Lipinski definition) is 0. The molecule has 3 rings (SSSR count). The van der Waals surface area contributed by atoms with Crippen LogP contribution in [0.15, 0.2) is 42.6 Å². The van der Waals surface area contributed by atoms with Gasteiger partial charge in [0.25, 0.3) is 11.8 Å². The van der Waals surface area contributed by atoms with E-state index in [-0.39, 0.29) is 11.6 Å². The maximum absolute atomic E-state index is 12.2. The van der Waals surface area contributed by atoms with E-state index in [0.717, 1.165) is 4.90 Å². The highest BCUT2D eigenvalue weighted by atomic mass is 16.2. The Morgan fingerprint density at radius 1 is 1.11 bits per heavy atom. The Balaban J connectivity index is 2.12. The van der Waals surface area contributed by atoms with Gasteiger partial charge < -0.3 is 0 Å². The molecule has 1 aromatic heterocycles. The molecule has 0 aliphatic carbocycles. The second-order valence-electron chi connectivity index (χ2n) is 4.04. The molecular weight excluding hydrogens is 240 g/mol. The Morgan fingerprint density at radius 2 is 1.95 bits per heavy atom. The van der Waals surface area contributed by atoms with Crippen molar-refractivity contribution in [1.82, 2.24) is 4.98 Å². The SMILES string of the molecule is C#Cc1cccc(N2C(=O)c3cccnc3C2=O)c1. The number of carbonyl (C=O) groups excluding carboxylic acids is 2. The summed E-state index contributed by atoms with van der Waals surface area (Å²) in [7, 11) is 0. The first-order valence-electron chi connectivity index (χ1n) is 5.63. The van der Waals surface area contributed by atoms with E-state index in [0.29, 0.717) is 16.8 Å². The Bertz CT molecular complexity index is 709. The molecule has 90 valence electrons. The number of hydrogen-bond acceptors (Lipinski definition) is 3. The van der Waals surface area contributed by atoms with Crippen molar-refractivity contribution in [3.8, 4) is 12.3 Å². The molecule has 0 bridgehead atoms. The third-order valence-corrected chi connectivity index (χ3v) is 2.92. The van der Waals surface area contributed by atoms with Gasteiger partial charge in [-0.15, -0.1) is 6.42 Å². The van der Waals surface area contributed by atoms with Gasteiger partial charge in [0, 0.05) is 11.8 Å². The number of benzene rings is 1. The summed E-state index contributed by atoms with van der Waals surface area (Å²) < 4.78 is 0. The zero-order valence-corrected chi connectivity index (χ0v) is 9.83. The second kappa shape index (κ2) is 4.07. The third-order valence-electron chi connectivity index (χ3n) is 2.92. The number of amides is 2. The molecule has 4 nitrogen and oxygen atoms in total. The van der Waals surface area contributed by atoms with E-state index in [1.54, 1.807) is 36.4 Å². The molecule has 2 amide bonds. The van der Waals surface area contributed by atoms with Gasteiger partial charge in [-0.2, -0.15) is 0 Å². The maximum atomic E-state index is 12.2. The van der Waals surface area contributed by atoms with Crippen LogP contribution < -0.4 is 4.90 Å². The van der Waals surface area contributed by atoms with Gasteiger partial charge >= 0.3 is 0 Å². The van der Waals surface area contributed by atoms with Crippen molar-refractivity contribution in [3.05, 3.63) is 59.4 Å². The second-order valence-corrected chi connectivity index (χ2v) is 4.04. The summed E-state index contributed by atoms with van der Waals surface area (Å²) in [6, 6.07) is 9.96. The first kappa shape index (κ1) is 11.2. The van der Waals surface area contributed by atoms with E-state index >= 15 is 0 Å². The molecule has 0 fully saturated rings. The van der Waals surface area contributed by atoms with Crippen LogP contribution in [0.3, 0.4) is 0 Å². The van der Waals surface area contributed by atoms with Gasteiger partial charge in [-0.1, -0.05) is 12.0 Å². The van der Waals surface area contributed by atoms with Gasteiger partial charge in [-0.05, 0) is 30.3 Å². The van der Waals surface area contributed by atoms with E-state index in [9.17, 15) is 9.59 Å². The topological polar surface area (TPSA) is 50.3 Å². The van der Waals surface area contributed by atoms with Crippen molar-refractivity contribution in [1.29, 1.82) is 0 Å². The Labute approximate surface area is 109 Å². The van der Waals surface area contributed by atoms with Crippen molar-refractivity contribution in [2.75, 3.05) is 4.90 Å². The molecule has 0 unspecified atom stereocenters. The molecular formula is C15H8N2O2. The van der Waals surface area contributed by atoms with Crippen LogP contribution in [0.4, 0.5) is 5.69 Å². The van der Waals surface area contributed by atoms with Crippen LogP contribution in [0.1, 0.15) is 26.4 Å². The first-order valence-corrected chi connectivity index (χ1v) is 5.63. The number of aromatic nitrogens is 1. The summed E-state index contributed by atoms with van der Waals surface area (Å²) in [5, 5.41) is 0. The molecule has 0 saturated carbocycles. The van der Waals surface area contributed by atoms with Crippen LogP contribution in [0.25, 0.3) is 0 Å². The van der Waals surface area contributed by atoms with Gasteiger partial charge in [-0.25, -0.2) is 4.90 Å². The van der Waals surface area contributed by atoms with Crippen molar-refractivity contribution in [2.45, 2.75) is 0 Å². The fourth-order valence-corrected chi connectivity index (χ4v) is 2.04. The number of rotatable bonds is 1. The minimum Gasteiger partial charge on any atom is -0.268 e. The first-order chi connectivity index (χ1) is 9.22. The number of imide groups is 1. The zero-order valence-electron chi connectivity index (χ0n) is 9.83. The lowest BCUT2D eigenvalue weighted by Crippen LogP contribution is -2.29. The van der Waals surface area contributed by atoms with Crippen molar-refractivity contribution in [3.63, 3.8) is 0 Å². The van der Waals surface area contributed by atoms with E-state index < -0.39 is 5.91 Å². The number of pyridine rings is 1. The van der Waals surface area contributed by atoms with Gasteiger partial charge in [-0.3, -0.25) is 14.6 Å². The van der Waals surface area contributed by atoms with E-state index in [1.807, 2.05) is 0 Å². The van der Waals surface area contributed by atoms with Crippen LogP contribution >= 0.6 is 0 Å². The normalized spacial score (nSPS) is 13.3. The van der Waals surface area contributed by atoms with Gasteiger partial charge in [0.1, 0.15) is 5.69 Å². The molecule has 1 aliphatic heterocycles. The van der Waals surface area contributed by atoms with Crippen molar-refractivity contribution in [2.24, 2.45) is 0 Å². The lowest BCUT2D eigenvalue weighted by atomic mass is 10.2. The smallest absolute Gasteiger partial charge is 0.268 e. The summed E-state index contributed by atoms with van der Waals surface area (Å²) in [6.45, 7) is 0. The molecule has 2 aromatic rings. The lowest BCUT2D eigenvalue weighted by molar-refractivity contribution is 0.0924. The number of anilines is 1. The van der Waals surface area contributed by atoms with Crippen LogP contribution in [-0.4, -0.2) is 16.8 Å². The van der Waals surface area contributed by atoms with E-state index in [4.69, 9.17) is 6.42 Å². The molecule has 0 saturated heterocycles. The number of terminal acetylenes is 1. The van der Waals surface area contributed by atoms with E-state index in [1.165, 1.54) is 6.20 Å². The Morgan fingerprint density at radius 3 is 2.68 bits per heavy atom. The Kier molecular flexibility index (Phi) is 2.39. The van der Waals surface area contributed by atoms with E-state index in [2.05, 4.69) is 10.9 Å². The van der Waals surface area contributed by atoms with Crippen molar-refractivity contribution >= 4 is 17.5 Å². The molecule has 2 heterocycles. The van der Waals surface area contributed by atoms with Crippen molar-refractivity contribution < 1.29 is 9.59 Å². The quantitative estimate of drug-likeness (QED) is 0.571. The average Bonchev–Trinajstić information content (AvgIpc) is 2.72. The summed E-state index contributed by atoms with van der Waals surface area (Å²) >= 11 is 0. The fraction of sp³-hybridized carbons (Fsp3) is 0. The average molecular weight is 248 g/mol. The van der Waals surface area contributed by atoms with Crippen LogP contribution in [0, 0.1) is 12.3 Å². The molecule has 1 aliphatic rings. The molecule has 19 heavy (non-hydrogen) atoms. The minimum absolute atomic E-state index is 0.179. The summed E-state index contributed by atoms with van der Waals surface area (Å²) in [4.78, 5) is 29.5. The standard InChI is InChI=1S/C15H8N2O2/c1-2-10-5-3-6-11(9-10)17-14(18)12-7-4-8-16-13(12)15(17)19/h1,3-9H. The predicted molar refractivity (Wildman–Crippen MR) is 69.8 cm³/mol. The molecule has 4 heteroatoms. The monoisotopic (exact) mass is 248 g/mol. The maximum Gasteiger partial charge on any atom is 0.284 e. The summed E-state index contributed by atoms with van der Waals surface area (Å²) in [5.41, 5.74) is 1.57. The highest BCUT2D eigenvalue weighted by Gasteiger charge is 2.37. The van der Waals surface area contributed by atoms with Gasteiger partial charge in [0.05, 0.1) is 11.3 Å². The third kappa shape index (κ3) is 1.60. The lowest BCUT2D eigenvalue weighted by Gasteiger charge is -2.13.